The Labute approximate surface area is 78.9 Å². The Kier molecular flexibility index (Phi) is 2.72. The standard InChI is InChI=1S/C7H10BrNO3/c1-4-6(3-8)9(7(4)11)12-5(2)10/h4,6H,3H2,1-2H3. The van der Waals surface area contributed by atoms with Crippen LogP contribution in [0.1, 0.15) is 13.8 Å². The first-order chi connectivity index (χ1) is 5.57. The van der Waals surface area contributed by atoms with Crippen LogP contribution in [-0.2, 0) is 14.4 Å². The Morgan fingerprint density at radius 2 is 2.33 bits per heavy atom. The van der Waals surface area contributed by atoms with Gasteiger partial charge in [0.25, 0.3) is 5.91 Å². The molecule has 0 radical (unpaired) electrons. The number of amides is 1. The van der Waals surface area contributed by atoms with Crippen molar-refractivity contribution < 1.29 is 14.4 Å². The van der Waals surface area contributed by atoms with Crippen molar-refractivity contribution in [2.45, 2.75) is 19.9 Å². The summed E-state index contributed by atoms with van der Waals surface area (Å²) in [4.78, 5) is 26.3. The highest BCUT2D eigenvalue weighted by Gasteiger charge is 2.46. The molecule has 1 aliphatic heterocycles. The SMILES string of the molecule is CC(=O)ON1C(=O)C(C)C1CBr. The predicted octanol–water partition coefficient (Wildman–Crippen LogP) is 0.706. The molecule has 68 valence electrons. The molecule has 0 bridgehead atoms. The highest BCUT2D eigenvalue weighted by Crippen LogP contribution is 2.27. The van der Waals surface area contributed by atoms with Gasteiger partial charge in [0.1, 0.15) is 0 Å². The zero-order valence-electron chi connectivity index (χ0n) is 6.91. The third kappa shape index (κ3) is 1.46. The lowest BCUT2D eigenvalue weighted by atomic mass is 9.94. The molecule has 0 aliphatic carbocycles. The van der Waals surface area contributed by atoms with Crippen LogP contribution >= 0.6 is 15.9 Å². The molecule has 12 heavy (non-hydrogen) atoms. The van der Waals surface area contributed by atoms with Crippen molar-refractivity contribution in [1.29, 1.82) is 0 Å². The van der Waals surface area contributed by atoms with E-state index in [1.54, 1.807) is 0 Å². The van der Waals surface area contributed by atoms with Crippen molar-refractivity contribution in [1.82, 2.24) is 5.06 Å². The first-order valence-corrected chi connectivity index (χ1v) is 4.77. The Morgan fingerprint density at radius 3 is 2.75 bits per heavy atom. The van der Waals surface area contributed by atoms with Crippen molar-refractivity contribution >= 4 is 27.8 Å². The van der Waals surface area contributed by atoms with Crippen LogP contribution in [0, 0.1) is 5.92 Å². The molecule has 1 saturated heterocycles. The number of β-lactam (4-membered cyclic amide) rings is 1. The van der Waals surface area contributed by atoms with E-state index in [2.05, 4.69) is 20.8 Å². The summed E-state index contributed by atoms with van der Waals surface area (Å²) in [6.07, 6.45) is 0. The molecule has 2 unspecified atom stereocenters. The van der Waals surface area contributed by atoms with Gasteiger partial charge in [-0.15, -0.1) is 0 Å². The van der Waals surface area contributed by atoms with Crippen molar-refractivity contribution in [3.63, 3.8) is 0 Å². The lowest BCUT2D eigenvalue weighted by molar-refractivity contribution is -0.232. The molecule has 1 amide bonds. The van der Waals surface area contributed by atoms with E-state index < -0.39 is 5.97 Å². The van der Waals surface area contributed by atoms with Gasteiger partial charge < -0.3 is 4.84 Å². The number of hydrogen-bond donors (Lipinski definition) is 0. The van der Waals surface area contributed by atoms with Gasteiger partial charge in [0.15, 0.2) is 0 Å². The number of rotatable bonds is 2. The topological polar surface area (TPSA) is 46.6 Å². The van der Waals surface area contributed by atoms with E-state index in [1.807, 2.05) is 6.92 Å². The molecular formula is C7H10BrNO3. The summed E-state index contributed by atoms with van der Waals surface area (Å²) in [7, 11) is 0. The summed E-state index contributed by atoms with van der Waals surface area (Å²) in [5.74, 6) is -0.639. The van der Waals surface area contributed by atoms with Crippen molar-refractivity contribution in [3.8, 4) is 0 Å². The van der Waals surface area contributed by atoms with Crippen LogP contribution in [0.5, 0.6) is 0 Å². The average molecular weight is 236 g/mol. The minimum Gasteiger partial charge on any atom is -0.338 e. The Hall–Kier alpha value is -0.580. The number of alkyl halides is 1. The molecule has 1 fully saturated rings. The highest BCUT2D eigenvalue weighted by atomic mass is 79.9. The molecule has 0 N–H and O–H groups in total. The molecule has 0 aromatic carbocycles. The maximum atomic E-state index is 11.1. The Morgan fingerprint density at radius 1 is 1.75 bits per heavy atom. The van der Waals surface area contributed by atoms with Gasteiger partial charge >= 0.3 is 5.97 Å². The quantitative estimate of drug-likeness (QED) is 0.523. The van der Waals surface area contributed by atoms with Gasteiger partial charge in [-0.05, 0) is 0 Å². The minimum atomic E-state index is -0.457. The predicted molar refractivity (Wildman–Crippen MR) is 45.4 cm³/mol. The van der Waals surface area contributed by atoms with Crippen LogP contribution in [0.25, 0.3) is 0 Å². The molecular weight excluding hydrogens is 226 g/mol. The zero-order valence-corrected chi connectivity index (χ0v) is 8.50. The number of carbonyl (C=O) groups excluding carboxylic acids is 2. The van der Waals surface area contributed by atoms with Crippen LogP contribution in [0.4, 0.5) is 0 Å². The molecule has 0 saturated carbocycles. The number of hydrogen-bond acceptors (Lipinski definition) is 3. The normalized spacial score (nSPS) is 28.2. The third-order valence-corrected chi connectivity index (χ3v) is 2.53. The number of halogens is 1. The van der Waals surface area contributed by atoms with Gasteiger partial charge in [-0.3, -0.25) is 9.59 Å². The second-order valence-corrected chi connectivity index (χ2v) is 3.40. The summed E-state index contributed by atoms with van der Waals surface area (Å²) >= 11 is 3.24. The highest BCUT2D eigenvalue weighted by molar-refractivity contribution is 9.09. The van der Waals surface area contributed by atoms with Crippen LogP contribution in [0.3, 0.4) is 0 Å². The van der Waals surface area contributed by atoms with Crippen molar-refractivity contribution in [2.24, 2.45) is 5.92 Å². The van der Waals surface area contributed by atoms with E-state index in [0.29, 0.717) is 5.33 Å². The van der Waals surface area contributed by atoms with Gasteiger partial charge in [0.2, 0.25) is 0 Å². The molecule has 1 heterocycles. The van der Waals surface area contributed by atoms with Crippen LogP contribution < -0.4 is 0 Å². The average Bonchev–Trinajstić information content (AvgIpc) is 2.03. The van der Waals surface area contributed by atoms with Gasteiger partial charge in [-0.25, -0.2) is 0 Å². The fraction of sp³-hybridized carbons (Fsp3) is 0.714. The maximum absolute atomic E-state index is 11.1. The summed E-state index contributed by atoms with van der Waals surface area (Å²) in [5, 5.41) is 1.76. The molecule has 4 nitrogen and oxygen atoms in total. The Bertz CT molecular complexity index is 219. The molecule has 0 aromatic rings. The van der Waals surface area contributed by atoms with E-state index in [9.17, 15) is 9.59 Å². The molecule has 1 aliphatic rings. The van der Waals surface area contributed by atoms with E-state index in [1.165, 1.54) is 6.92 Å². The van der Waals surface area contributed by atoms with Crippen LogP contribution in [0.2, 0.25) is 0 Å². The summed E-state index contributed by atoms with van der Waals surface area (Å²) < 4.78 is 0. The maximum Gasteiger partial charge on any atom is 0.329 e. The van der Waals surface area contributed by atoms with Gasteiger partial charge in [0.05, 0.1) is 12.0 Å². The zero-order chi connectivity index (χ0) is 9.30. The van der Waals surface area contributed by atoms with Gasteiger partial charge in [0, 0.05) is 12.3 Å². The van der Waals surface area contributed by atoms with E-state index in [0.717, 1.165) is 5.06 Å². The van der Waals surface area contributed by atoms with E-state index in [-0.39, 0.29) is 17.9 Å². The second-order valence-electron chi connectivity index (χ2n) is 2.76. The molecule has 5 heteroatoms. The lowest BCUT2D eigenvalue weighted by Crippen LogP contribution is -2.60. The smallest absolute Gasteiger partial charge is 0.329 e. The summed E-state index contributed by atoms with van der Waals surface area (Å²) in [6.45, 7) is 3.09. The van der Waals surface area contributed by atoms with E-state index >= 15 is 0 Å². The minimum absolute atomic E-state index is 0.0126. The van der Waals surface area contributed by atoms with Gasteiger partial charge in [-0.2, -0.15) is 5.06 Å². The molecule has 0 aromatic heterocycles. The number of nitrogens with zero attached hydrogens (tertiary/aromatic N) is 1. The lowest BCUT2D eigenvalue weighted by Gasteiger charge is -2.41. The van der Waals surface area contributed by atoms with Crippen LogP contribution in [0.15, 0.2) is 0 Å². The first-order valence-electron chi connectivity index (χ1n) is 3.65. The van der Waals surface area contributed by atoms with Gasteiger partial charge in [-0.1, -0.05) is 22.9 Å². The van der Waals surface area contributed by atoms with Crippen LogP contribution in [-0.4, -0.2) is 28.3 Å². The molecule has 0 spiro atoms. The number of hydroxylamine groups is 2. The van der Waals surface area contributed by atoms with E-state index in [4.69, 9.17) is 0 Å². The first kappa shape index (κ1) is 9.51. The fourth-order valence-corrected chi connectivity index (χ4v) is 1.92. The summed E-state index contributed by atoms with van der Waals surface area (Å²) in [6, 6.07) is -0.0126. The second kappa shape index (κ2) is 3.43. The molecule has 2 atom stereocenters. The van der Waals surface area contributed by atoms with Crippen molar-refractivity contribution in [2.75, 3.05) is 5.33 Å². The fourth-order valence-electron chi connectivity index (χ4n) is 1.10. The molecule has 1 rings (SSSR count). The largest absolute Gasteiger partial charge is 0.338 e. The number of carbonyl (C=O) groups is 2. The summed E-state index contributed by atoms with van der Waals surface area (Å²) in [5.41, 5.74) is 0. The van der Waals surface area contributed by atoms with Crippen molar-refractivity contribution in [3.05, 3.63) is 0 Å². The monoisotopic (exact) mass is 235 g/mol. The Balaban J connectivity index is 2.54. The third-order valence-electron chi connectivity index (χ3n) is 1.87.